The summed E-state index contributed by atoms with van der Waals surface area (Å²) in [5, 5.41) is 11.0. The summed E-state index contributed by atoms with van der Waals surface area (Å²) >= 11 is 0. The summed E-state index contributed by atoms with van der Waals surface area (Å²) in [6.45, 7) is 2.13. The van der Waals surface area contributed by atoms with Crippen LogP contribution in [0.3, 0.4) is 0 Å². The van der Waals surface area contributed by atoms with Gasteiger partial charge < -0.3 is 4.74 Å². The van der Waals surface area contributed by atoms with Crippen LogP contribution < -0.4 is 4.74 Å². The number of ether oxygens (including phenoxy) is 1. The summed E-state index contributed by atoms with van der Waals surface area (Å²) in [5.41, 5.74) is 0.820. The molecule has 0 amide bonds. The van der Waals surface area contributed by atoms with Gasteiger partial charge in [0.25, 0.3) is 0 Å². The number of esters is 1. The highest BCUT2D eigenvalue weighted by atomic mass is 19.1. The van der Waals surface area contributed by atoms with Crippen molar-refractivity contribution in [1.82, 2.24) is 0 Å². The van der Waals surface area contributed by atoms with Crippen molar-refractivity contribution < 1.29 is 18.3 Å². The smallest absolute Gasteiger partial charge is 0.349 e. The first-order valence-electron chi connectivity index (χ1n) is 10.1. The molecule has 4 aromatic carbocycles. The molecule has 0 unspecified atom stereocenters. The lowest BCUT2D eigenvalue weighted by molar-refractivity contribution is 0.0725. The summed E-state index contributed by atoms with van der Waals surface area (Å²) in [5.74, 6) is -2.96. The minimum atomic E-state index is -1.13. The molecule has 4 aromatic rings. The Hall–Kier alpha value is -3.78. The maximum absolute atomic E-state index is 15.2. The van der Waals surface area contributed by atoms with Gasteiger partial charge in [0.15, 0.2) is 0 Å². The molecule has 0 saturated heterocycles. The molecule has 3 nitrogen and oxygen atoms in total. The number of unbranched alkanes of at least 4 members (excludes halogenated alkanes) is 1. The molecule has 0 aliphatic rings. The quantitative estimate of drug-likeness (QED) is 0.207. The van der Waals surface area contributed by atoms with Gasteiger partial charge in [0.1, 0.15) is 22.9 Å². The highest BCUT2D eigenvalue weighted by molar-refractivity contribution is 6.10. The average Bonchev–Trinajstić information content (AvgIpc) is 2.77. The first-order chi connectivity index (χ1) is 15.0. The fourth-order valence-electron chi connectivity index (χ4n) is 3.67. The Kier molecular flexibility index (Phi) is 5.64. The molecule has 0 aromatic heterocycles. The number of nitriles is 1. The molecule has 0 saturated carbocycles. The number of fused-ring (bicyclic) bond motifs is 3. The monoisotopic (exact) mass is 415 g/mol. The van der Waals surface area contributed by atoms with Gasteiger partial charge in [-0.1, -0.05) is 43.7 Å². The van der Waals surface area contributed by atoms with E-state index in [2.05, 4.69) is 6.92 Å². The van der Waals surface area contributed by atoms with E-state index in [9.17, 15) is 9.18 Å². The van der Waals surface area contributed by atoms with E-state index in [0.29, 0.717) is 10.9 Å². The lowest BCUT2D eigenvalue weighted by Crippen LogP contribution is -2.13. The second-order valence-corrected chi connectivity index (χ2v) is 7.39. The Bertz CT molecular complexity index is 1340. The van der Waals surface area contributed by atoms with E-state index in [4.69, 9.17) is 10.00 Å². The Morgan fingerprint density at radius 2 is 1.71 bits per heavy atom. The Morgan fingerprint density at radius 3 is 2.42 bits per heavy atom. The van der Waals surface area contributed by atoms with Crippen LogP contribution >= 0.6 is 0 Å². The predicted octanol–water partition coefficient (Wildman–Crippen LogP) is 6.70. The molecule has 0 spiro atoms. The van der Waals surface area contributed by atoms with Crippen LogP contribution in [-0.2, 0) is 6.42 Å². The molecular weight excluding hydrogens is 396 g/mol. The number of hydrogen-bond acceptors (Lipinski definition) is 3. The predicted molar refractivity (Wildman–Crippen MR) is 116 cm³/mol. The molecule has 0 aliphatic carbocycles. The molecule has 0 fully saturated rings. The Balaban J connectivity index is 1.74. The van der Waals surface area contributed by atoms with Gasteiger partial charge in [0.2, 0.25) is 0 Å². The Labute approximate surface area is 178 Å². The molecule has 5 heteroatoms. The maximum atomic E-state index is 15.2. The number of carbonyl (C=O) groups excluding carboxylic acids is 1. The zero-order valence-corrected chi connectivity index (χ0v) is 16.9. The minimum absolute atomic E-state index is 0.0982. The van der Waals surface area contributed by atoms with Crippen molar-refractivity contribution in [3.63, 3.8) is 0 Å². The summed E-state index contributed by atoms with van der Waals surface area (Å²) in [6, 6.07) is 18.1. The van der Waals surface area contributed by atoms with E-state index >= 15 is 4.39 Å². The largest absolute Gasteiger partial charge is 0.423 e. The van der Waals surface area contributed by atoms with Gasteiger partial charge in [-0.05, 0) is 64.9 Å². The Morgan fingerprint density at radius 1 is 0.968 bits per heavy atom. The van der Waals surface area contributed by atoms with Crippen molar-refractivity contribution in [1.29, 1.82) is 5.26 Å². The number of aryl methyl sites for hydroxylation is 1. The summed E-state index contributed by atoms with van der Waals surface area (Å²) in [4.78, 5) is 12.5. The van der Waals surface area contributed by atoms with Gasteiger partial charge in [-0.3, -0.25) is 0 Å². The maximum Gasteiger partial charge on any atom is 0.349 e. The van der Waals surface area contributed by atoms with Crippen LogP contribution in [0.1, 0.15) is 41.3 Å². The average molecular weight is 415 g/mol. The molecule has 0 radical (unpaired) electrons. The summed E-state index contributed by atoms with van der Waals surface area (Å²) in [7, 11) is 0. The molecule has 154 valence electrons. The van der Waals surface area contributed by atoms with Crippen LogP contribution in [0.5, 0.6) is 5.75 Å². The number of rotatable bonds is 5. The molecule has 4 rings (SSSR count). The molecule has 0 N–H and O–H groups in total. The van der Waals surface area contributed by atoms with E-state index in [1.807, 2.05) is 24.3 Å². The van der Waals surface area contributed by atoms with Crippen LogP contribution in [-0.4, -0.2) is 5.97 Å². The van der Waals surface area contributed by atoms with Gasteiger partial charge in [0.05, 0.1) is 11.6 Å². The number of halogens is 2. The third-order valence-electron chi connectivity index (χ3n) is 5.31. The van der Waals surface area contributed by atoms with Gasteiger partial charge in [-0.15, -0.1) is 0 Å². The molecular formula is C26H19F2NO2. The van der Waals surface area contributed by atoms with E-state index in [1.54, 1.807) is 12.1 Å². The van der Waals surface area contributed by atoms with Crippen molar-refractivity contribution in [2.45, 2.75) is 26.2 Å². The third kappa shape index (κ3) is 3.97. The van der Waals surface area contributed by atoms with Gasteiger partial charge in [0, 0.05) is 5.39 Å². The fraction of sp³-hybridized carbons (Fsp3) is 0.154. The summed E-state index contributed by atoms with van der Waals surface area (Å²) in [6.07, 6.45) is 3.12. The number of nitrogens with zero attached hydrogens (tertiary/aromatic N) is 1. The fourth-order valence-corrected chi connectivity index (χ4v) is 3.67. The highest BCUT2D eigenvalue weighted by Crippen LogP contribution is 2.32. The first-order valence-corrected chi connectivity index (χ1v) is 10.1. The standard InChI is InChI=1S/C26H19F2NO2/c1-2-3-4-16-7-11-20-18(13-16)8-12-21-22(20)14-23(27)24(25(21)28)26(30)31-19-9-5-17(15-29)6-10-19/h5-14H,2-4H2,1H3. The SMILES string of the molecule is CCCCc1ccc2c(ccc3c(F)c(C(=O)Oc4ccc(C#N)cc4)c(F)cc32)c1. The number of benzene rings is 4. The van der Waals surface area contributed by atoms with Crippen molar-refractivity contribution >= 4 is 27.5 Å². The van der Waals surface area contributed by atoms with Gasteiger partial charge in [-0.2, -0.15) is 5.26 Å². The molecule has 0 aliphatic heterocycles. The van der Waals surface area contributed by atoms with Crippen molar-refractivity contribution in [2.24, 2.45) is 0 Å². The van der Waals surface area contributed by atoms with Gasteiger partial charge in [-0.25, -0.2) is 13.6 Å². The molecule has 0 heterocycles. The van der Waals surface area contributed by atoms with E-state index in [-0.39, 0.29) is 11.1 Å². The molecule has 0 atom stereocenters. The normalized spacial score (nSPS) is 10.9. The lowest BCUT2D eigenvalue weighted by Gasteiger charge is -2.11. The molecule has 0 bridgehead atoms. The van der Waals surface area contributed by atoms with Crippen LogP contribution in [0.25, 0.3) is 21.5 Å². The van der Waals surface area contributed by atoms with E-state index in [1.165, 1.54) is 35.9 Å². The van der Waals surface area contributed by atoms with Crippen LogP contribution in [0.2, 0.25) is 0 Å². The van der Waals surface area contributed by atoms with Crippen molar-refractivity contribution in [3.05, 3.63) is 89.0 Å². The lowest BCUT2D eigenvalue weighted by atomic mass is 9.96. The minimum Gasteiger partial charge on any atom is -0.423 e. The number of hydrogen-bond donors (Lipinski definition) is 0. The first kappa shape index (κ1) is 20.5. The molecule has 31 heavy (non-hydrogen) atoms. The number of carbonyl (C=O) groups is 1. The van der Waals surface area contributed by atoms with E-state index in [0.717, 1.165) is 30.0 Å². The highest BCUT2D eigenvalue weighted by Gasteiger charge is 2.23. The van der Waals surface area contributed by atoms with Crippen molar-refractivity contribution in [2.75, 3.05) is 0 Å². The zero-order chi connectivity index (χ0) is 22.0. The van der Waals surface area contributed by atoms with E-state index < -0.39 is 23.2 Å². The van der Waals surface area contributed by atoms with Gasteiger partial charge >= 0.3 is 5.97 Å². The van der Waals surface area contributed by atoms with Crippen LogP contribution in [0.4, 0.5) is 8.78 Å². The zero-order valence-electron chi connectivity index (χ0n) is 16.9. The topological polar surface area (TPSA) is 50.1 Å². The third-order valence-corrected chi connectivity index (χ3v) is 5.31. The van der Waals surface area contributed by atoms with Crippen LogP contribution in [0, 0.1) is 23.0 Å². The summed E-state index contributed by atoms with van der Waals surface area (Å²) < 4.78 is 35.2. The second kappa shape index (κ2) is 8.53. The van der Waals surface area contributed by atoms with Crippen molar-refractivity contribution in [3.8, 4) is 11.8 Å². The van der Waals surface area contributed by atoms with Crippen LogP contribution in [0.15, 0.2) is 60.7 Å². The second-order valence-electron chi connectivity index (χ2n) is 7.39.